The van der Waals surface area contributed by atoms with Crippen molar-refractivity contribution in [3.63, 3.8) is 0 Å². The third kappa shape index (κ3) is 2.42. The summed E-state index contributed by atoms with van der Waals surface area (Å²) in [5, 5.41) is 10.4. The molecule has 1 aliphatic heterocycles. The first kappa shape index (κ1) is 13.5. The molecule has 0 spiro atoms. The van der Waals surface area contributed by atoms with E-state index in [0.29, 0.717) is 11.7 Å². The molecule has 3 atom stereocenters. The van der Waals surface area contributed by atoms with Gasteiger partial charge >= 0.3 is 5.97 Å². The van der Waals surface area contributed by atoms with Gasteiger partial charge in [-0.1, -0.05) is 12.1 Å². The van der Waals surface area contributed by atoms with Crippen LogP contribution in [0.15, 0.2) is 29.3 Å². The molecule has 0 saturated heterocycles. The van der Waals surface area contributed by atoms with Crippen LogP contribution in [0.4, 0.5) is 0 Å². The largest absolute Gasteiger partial charge is 0.496 e. The van der Waals surface area contributed by atoms with Gasteiger partial charge in [0, 0.05) is 10.8 Å². The van der Waals surface area contributed by atoms with Gasteiger partial charge < -0.3 is 9.84 Å². The Morgan fingerprint density at radius 2 is 2.20 bits per heavy atom. The molecule has 3 rings (SSSR count). The third-order valence-electron chi connectivity index (χ3n) is 3.99. The van der Waals surface area contributed by atoms with E-state index in [1.807, 2.05) is 24.3 Å². The number of hydrogen-bond donors (Lipinski definition) is 1. The summed E-state index contributed by atoms with van der Waals surface area (Å²) in [6, 6.07) is 8.12. The fraction of sp³-hybridized carbons (Fsp3) is 0.467. The van der Waals surface area contributed by atoms with Crippen LogP contribution < -0.4 is 4.74 Å². The Morgan fingerprint density at radius 1 is 1.40 bits per heavy atom. The van der Waals surface area contributed by atoms with Gasteiger partial charge in [0.25, 0.3) is 0 Å². The molecule has 1 saturated carbocycles. The van der Waals surface area contributed by atoms with Crippen molar-refractivity contribution in [2.75, 3.05) is 7.11 Å². The molecule has 0 amide bonds. The molecule has 2 aliphatic rings. The maximum atomic E-state index is 11.1. The molecule has 1 aliphatic carbocycles. The van der Waals surface area contributed by atoms with Crippen LogP contribution in [0.2, 0.25) is 0 Å². The van der Waals surface area contributed by atoms with Gasteiger partial charge in [-0.05, 0) is 31.4 Å². The van der Waals surface area contributed by atoms with Crippen molar-refractivity contribution in [1.29, 1.82) is 0 Å². The van der Waals surface area contributed by atoms with Crippen molar-refractivity contribution >= 4 is 22.8 Å². The molecule has 20 heavy (non-hydrogen) atoms. The Bertz CT molecular complexity index is 558. The number of aliphatic imine (C=N–C) groups is 1. The van der Waals surface area contributed by atoms with Crippen LogP contribution in [-0.2, 0) is 4.79 Å². The van der Waals surface area contributed by atoms with Gasteiger partial charge in [-0.2, -0.15) is 0 Å². The summed E-state index contributed by atoms with van der Waals surface area (Å²) in [6.45, 7) is 0. The minimum absolute atomic E-state index is 0.212. The Kier molecular flexibility index (Phi) is 3.70. The zero-order chi connectivity index (χ0) is 14.1. The van der Waals surface area contributed by atoms with Gasteiger partial charge in [0.2, 0.25) is 0 Å². The second kappa shape index (κ2) is 5.48. The molecule has 1 aromatic carbocycles. The van der Waals surface area contributed by atoms with E-state index in [9.17, 15) is 4.79 Å². The number of hydrogen-bond acceptors (Lipinski definition) is 4. The highest BCUT2D eigenvalue weighted by Crippen LogP contribution is 2.42. The van der Waals surface area contributed by atoms with E-state index in [1.54, 1.807) is 18.9 Å². The topological polar surface area (TPSA) is 58.9 Å². The number of rotatable bonds is 3. The molecule has 0 radical (unpaired) electrons. The predicted octanol–water partition coefficient (Wildman–Crippen LogP) is 2.81. The average Bonchev–Trinajstić information content (AvgIpc) is 2.89. The molecule has 1 N–H and O–H groups in total. The molecular weight excluding hydrogens is 274 g/mol. The zero-order valence-electron chi connectivity index (χ0n) is 11.3. The number of benzene rings is 1. The summed E-state index contributed by atoms with van der Waals surface area (Å²) >= 11 is 1.71. The van der Waals surface area contributed by atoms with Gasteiger partial charge in [0.05, 0.1) is 19.1 Å². The SMILES string of the molecule is COc1ccccc1C1=NC2CCC(C(=O)O)CC2S1. The summed E-state index contributed by atoms with van der Waals surface area (Å²) in [6.07, 6.45) is 2.32. The fourth-order valence-electron chi connectivity index (χ4n) is 2.89. The highest BCUT2D eigenvalue weighted by Gasteiger charge is 2.39. The number of ether oxygens (including phenoxy) is 1. The van der Waals surface area contributed by atoms with Crippen molar-refractivity contribution in [3.05, 3.63) is 29.8 Å². The fourth-order valence-corrected chi connectivity index (χ4v) is 4.35. The molecule has 0 aromatic heterocycles. The first-order chi connectivity index (χ1) is 9.69. The van der Waals surface area contributed by atoms with Crippen LogP contribution in [0.1, 0.15) is 24.8 Å². The smallest absolute Gasteiger partial charge is 0.306 e. The van der Waals surface area contributed by atoms with E-state index >= 15 is 0 Å². The molecule has 1 aromatic rings. The Balaban J connectivity index is 1.80. The first-order valence-electron chi connectivity index (χ1n) is 6.79. The van der Waals surface area contributed by atoms with Crippen molar-refractivity contribution in [2.45, 2.75) is 30.6 Å². The lowest BCUT2D eigenvalue weighted by molar-refractivity contribution is -0.142. The standard InChI is InChI=1S/C15H17NO3S/c1-19-12-5-3-2-4-10(12)14-16-11-7-6-9(15(17)18)8-13(11)20-14/h2-5,9,11,13H,6-8H2,1H3,(H,17,18). The minimum atomic E-state index is -0.671. The highest BCUT2D eigenvalue weighted by molar-refractivity contribution is 8.15. The van der Waals surface area contributed by atoms with Gasteiger partial charge in [-0.25, -0.2) is 0 Å². The lowest BCUT2D eigenvalue weighted by Gasteiger charge is -2.27. The lowest BCUT2D eigenvalue weighted by Crippen LogP contribution is -2.31. The number of fused-ring (bicyclic) bond motifs is 1. The molecule has 106 valence electrons. The average molecular weight is 291 g/mol. The zero-order valence-corrected chi connectivity index (χ0v) is 12.1. The Hall–Kier alpha value is -1.49. The number of thioether (sulfide) groups is 1. The summed E-state index contributed by atoms with van der Waals surface area (Å²) in [4.78, 5) is 15.9. The summed E-state index contributed by atoms with van der Waals surface area (Å²) in [7, 11) is 1.66. The number of carboxylic acids is 1. The summed E-state index contributed by atoms with van der Waals surface area (Å²) in [5.74, 6) is -0.0575. The van der Waals surface area contributed by atoms with Crippen LogP contribution in [0.25, 0.3) is 0 Å². The lowest BCUT2D eigenvalue weighted by atomic mass is 9.86. The highest BCUT2D eigenvalue weighted by atomic mass is 32.2. The van der Waals surface area contributed by atoms with E-state index in [1.165, 1.54) is 0 Å². The van der Waals surface area contributed by atoms with Gasteiger partial charge in [0.1, 0.15) is 10.8 Å². The van der Waals surface area contributed by atoms with Crippen molar-refractivity contribution in [1.82, 2.24) is 0 Å². The number of carboxylic acid groups (broad SMARTS) is 1. The van der Waals surface area contributed by atoms with E-state index in [-0.39, 0.29) is 12.0 Å². The van der Waals surface area contributed by atoms with Crippen LogP contribution in [0.5, 0.6) is 5.75 Å². The van der Waals surface area contributed by atoms with E-state index < -0.39 is 5.97 Å². The van der Waals surface area contributed by atoms with Gasteiger partial charge in [-0.15, -0.1) is 11.8 Å². The van der Waals surface area contributed by atoms with Crippen LogP contribution >= 0.6 is 11.8 Å². The van der Waals surface area contributed by atoms with Crippen LogP contribution in [0.3, 0.4) is 0 Å². The Morgan fingerprint density at radius 3 is 2.95 bits per heavy atom. The molecule has 1 heterocycles. The maximum Gasteiger partial charge on any atom is 0.306 e. The summed E-state index contributed by atoms with van der Waals surface area (Å²) < 4.78 is 5.38. The minimum Gasteiger partial charge on any atom is -0.496 e. The molecular formula is C15H17NO3S. The summed E-state index contributed by atoms with van der Waals surface area (Å²) in [5.41, 5.74) is 1.02. The number of aliphatic carboxylic acids is 1. The van der Waals surface area contributed by atoms with Crippen LogP contribution in [0, 0.1) is 5.92 Å². The van der Waals surface area contributed by atoms with Crippen molar-refractivity contribution < 1.29 is 14.6 Å². The van der Waals surface area contributed by atoms with Gasteiger partial charge in [0.15, 0.2) is 0 Å². The van der Waals surface area contributed by atoms with E-state index in [2.05, 4.69) is 0 Å². The predicted molar refractivity (Wildman–Crippen MR) is 79.7 cm³/mol. The normalized spacial score (nSPS) is 28.6. The molecule has 3 unspecified atom stereocenters. The van der Waals surface area contributed by atoms with Crippen molar-refractivity contribution in [3.8, 4) is 5.75 Å². The van der Waals surface area contributed by atoms with E-state index in [4.69, 9.17) is 14.8 Å². The number of methoxy groups -OCH3 is 1. The Labute approximate surface area is 122 Å². The van der Waals surface area contributed by atoms with Gasteiger partial charge in [-0.3, -0.25) is 9.79 Å². The number of nitrogens with zero attached hydrogens (tertiary/aromatic N) is 1. The number of para-hydroxylation sites is 1. The third-order valence-corrected chi connectivity index (χ3v) is 5.35. The second-order valence-electron chi connectivity index (χ2n) is 5.21. The molecule has 4 nitrogen and oxygen atoms in total. The first-order valence-corrected chi connectivity index (χ1v) is 7.67. The monoisotopic (exact) mass is 291 g/mol. The quantitative estimate of drug-likeness (QED) is 0.930. The maximum absolute atomic E-state index is 11.1. The second-order valence-corrected chi connectivity index (χ2v) is 6.43. The van der Waals surface area contributed by atoms with E-state index in [0.717, 1.165) is 29.2 Å². The molecule has 1 fully saturated rings. The molecule has 5 heteroatoms. The molecule has 0 bridgehead atoms. The van der Waals surface area contributed by atoms with Crippen LogP contribution in [-0.4, -0.2) is 34.5 Å². The number of carbonyl (C=O) groups is 1. The van der Waals surface area contributed by atoms with Crippen molar-refractivity contribution in [2.24, 2.45) is 10.9 Å².